The Hall–Kier alpha value is -2.55. The SMILES string of the molecule is Cc1nc(NC(=O)c2cccc(S(=O)(=O)NC3CC3)c2)sc1-c1ccccc1. The van der Waals surface area contributed by atoms with Crippen molar-refractivity contribution in [3.05, 3.63) is 65.9 Å². The van der Waals surface area contributed by atoms with E-state index in [1.54, 1.807) is 12.1 Å². The molecule has 0 aliphatic heterocycles. The van der Waals surface area contributed by atoms with E-state index in [2.05, 4.69) is 15.0 Å². The highest BCUT2D eigenvalue weighted by atomic mass is 32.2. The van der Waals surface area contributed by atoms with E-state index in [-0.39, 0.29) is 16.5 Å². The molecular formula is C20H19N3O3S2. The van der Waals surface area contributed by atoms with E-state index in [4.69, 9.17) is 0 Å². The van der Waals surface area contributed by atoms with Gasteiger partial charge >= 0.3 is 0 Å². The van der Waals surface area contributed by atoms with Gasteiger partial charge in [0, 0.05) is 11.6 Å². The fourth-order valence-electron chi connectivity index (χ4n) is 2.77. The summed E-state index contributed by atoms with van der Waals surface area (Å²) in [5.74, 6) is -0.392. The lowest BCUT2D eigenvalue weighted by Gasteiger charge is -2.07. The van der Waals surface area contributed by atoms with E-state index in [1.807, 2.05) is 37.3 Å². The zero-order valence-corrected chi connectivity index (χ0v) is 16.8. The van der Waals surface area contributed by atoms with Crippen LogP contribution in [0.25, 0.3) is 10.4 Å². The molecule has 6 nitrogen and oxygen atoms in total. The second-order valence-electron chi connectivity index (χ2n) is 6.68. The summed E-state index contributed by atoms with van der Waals surface area (Å²) in [6.07, 6.45) is 1.71. The van der Waals surface area contributed by atoms with Crippen molar-refractivity contribution in [3.63, 3.8) is 0 Å². The number of anilines is 1. The zero-order chi connectivity index (χ0) is 19.7. The molecule has 3 aromatic rings. The third kappa shape index (κ3) is 4.14. The summed E-state index contributed by atoms with van der Waals surface area (Å²) in [7, 11) is -3.61. The van der Waals surface area contributed by atoms with Gasteiger partial charge < -0.3 is 0 Å². The lowest BCUT2D eigenvalue weighted by molar-refractivity contribution is 0.102. The van der Waals surface area contributed by atoms with Gasteiger partial charge in [0.1, 0.15) is 0 Å². The molecule has 0 unspecified atom stereocenters. The van der Waals surface area contributed by atoms with Gasteiger partial charge in [-0.3, -0.25) is 10.1 Å². The largest absolute Gasteiger partial charge is 0.298 e. The van der Waals surface area contributed by atoms with Crippen molar-refractivity contribution < 1.29 is 13.2 Å². The molecule has 1 heterocycles. The number of hydrogen-bond donors (Lipinski definition) is 2. The van der Waals surface area contributed by atoms with Crippen molar-refractivity contribution in [1.82, 2.24) is 9.71 Å². The van der Waals surface area contributed by atoms with Crippen LogP contribution in [0.15, 0.2) is 59.5 Å². The topological polar surface area (TPSA) is 88.2 Å². The molecule has 0 bridgehead atoms. The maximum absolute atomic E-state index is 12.6. The van der Waals surface area contributed by atoms with Crippen molar-refractivity contribution in [3.8, 4) is 10.4 Å². The third-order valence-corrected chi connectivity index (χ3v) is 7.00. The van der Waals surface area contributed by atoms with Crippen LogP contribution in [0.3, 0.4) is 0 Å². The third-order valence-electron chi connectivity index (χ3n) is 4.36. The van der Waals surface area contributed by atoms with Gasteiger partial charge in [-0.1, -0.05) is 47.7 Å². The van der Waals surface area contributed by atoms with Crippen LogP contribution in [0.4, 0.5) is 5.13 Å². The van der Waals surface area contributed by atoms with Crippen LogP contribution in [0, 0.1) is 6.92 Å². The molecule has 0 radical (unpaired) electrons. The highest BCUT2D eigenvalue weighted by Crippen LogP contribution is 2.32. The average molecular weight is 414 g/mol. The number of sulfonamides is 1. The summed E-state index contributed by atoms with van der Waals surface area (Å²) in [5.41, 5.74) is 2.14. The van der Waals surface area contributed by atoms with Crippen molar-refractivity contribution in [1.29, 1.82) is 0 Å². The van der Waals surface area contributed by atoms with Crippen molar-refractivity contribution in [2.75, 3.05) is 5.32 Å². The van der Waals surface area contributed by atoms with Gasteiger partial charge in [-0.05, 0) is 43.5 Å². The normalized spacial score (nSPS) is 14.0. The number of amides is 1. The molecule has 0 spiro atoms. The van der Waals surface area contributed by atoms with Crippen molar-refractivity contribution in [2.24, 2.45) is 0 Å². The van der Waals surface area contributed by atoms with Crippen LogP contribution in [0.1, 0.15) is 28.9 Å². The number of carbonyl (C=O) groups excluding carboxylic acids is 1. The quantitative estimate of drug-likeness (QED) is 0.643. The number of thiazole rings is 1. The fourth-order valence-corrected chi connectivity index (χ4v) is 5.09. The van der Waals surface area contributed by atoms with Crippen LogP contribution in [-0.2, 0) is 10.0 Å². The molecule has 1 saturated carbocycles. The van der Waals surface area contributed by atoms with Gasteiger partial charge in [0.05, 0.1) is 15.5 Å². The number of nitrogens with zero attached hydrogens (tertiary/aromatic N) is 1. The Kier molecular flexibility index (Phi) is 5.01. The number of aryl methyl sites for hydroxylation is 1. The Balaban J connectivity index is 1.54. The van der Waals surface area contributed by atoms with Crippen LogP contribution < -0.4 is 10.0 Å². The van der Waals surface area contributed by atoms with E-state index < -0.39 is 15.9 Å². The average Bonchev–Trinajstić information content (AvgIpc) is 3.42. The minimum atomic E-state index is -3.61. The molecule has 1 aliphatic carbocycles. The second kappa shape index (κ2) is 7.46. The number of nitrogens with one attached hydrogen (secondary N) is 2. The van der Waals surface area contributed by atoms with Crippen molar-refractivity contribution >= 4 is 32.4 Å². The van der Waals surface area contributed by atoms with Gasteiger partial charge in [-0.15, -0.1) is 0 Å². The molecule has 4 rings (SSSR count). The highest BCUT2D eigenvalue weighted by molar-refractivity contribution is 7.89. The molecule has 1 fully saturated rings. The molecule has 0 saturated heterocycles. The summed E-state index contributed by atoms with van der Waals surface area (Å²) >= 11 is 1.39. The smallest absolute Gasteiger partial charge is 0.257 e. The number of hydrogen-bond acceptors (Lipinski definition) is 5. The molecule has 144 valence electrons. The molecule has 0 atom stereocenters. The van der Waals surface area contributed by atoms with E-state index in [1.165, 1.54) is 23.5 Å². The Morgan fingerprint density at radius 1 is 1.11 bits per heavy atom. The molecule has 1 amide bonds. The predicted octanol–water partition coefficient (Wildman–Crippen LogP) is 3.81. The molecule has 2 aromatic carbocycles. The van der Waals surface area contributed by atoms with E-state index in [9.17, 15) is 13.2 Å². The first-order valence-electron chi connectivity index (χ1n) is 8.89. The standard InChI is InChI=1S/C20H19N3O3S2/c1-13-18(14-6-3-2-4-7-14)27-20(21-13)22-19(24)15-8-5-9-17(12-15)28(25,26)23-16-10-11-16/h2-9,12,16,23H,10-11H2,1H3,(H,21,22,24). The first-order valence-corrected chi connectivity index (χ1v) is 11.2. The Labute approximate surface area is 167 Å². The molecule has 1 aliphatic rings. The van der Waals surface area contributed by atoms with Gasteiger partial charge in [0.25, 0.3) is 5.91 Å². The number of carbonyl (C=O) groups is 1. The second-order valence-corrected chi connectivity index (χ2v) is 9.39. The maximum atomic E-state index is 12.6. The minimum Gasteiger partial charge on any atom is -0.298 e. The maximum Gasteiger partial charge on any atom is 0.257 e. The van der Waals surface area contributed by atoms with Crippen LogP contribution in [0.2, 0.25) is 0 Å². The van der Waals surface area contributed by atoms with E-state index >= 15 is 0 Å². The first kappa shape index (κ1) is 18.8. The Morgan fingerprint density at radius 3 is 2.57 bits per heavy atom. The monoisotopic (exact) mass is 413 g/mol. The lowest BCUT2D eigenvalue weighted by Crippen LogP contribution is -2.26. The summed E-state index contributed by atoms with van der Waals surface area (Å²) in [5, 5.41) is 3.25. The Morgan fingerprint density at radius 2 is 1.86 bits per heavy atom. The predicted molar refractivity (Wildman–Crippen MR) is 110 cm³/mol. The molecular weight excluding hydrogens is 394 g/mol. The molecule has 8 heteroatoms. The first-order chi connectivity index (χ1) is 13.4. The zero-order valence-electron chi connectivity index (χ0n) is 15.2. The number of aromatic nitrogens is 1. The molecule has 2 N–H and O–H groups in total. The van der Waals surface area contributed by atoms with E-state index in [0.29, 0.717) is 5.13 Å². The molecule has 1 aromatic heterocycles. The molecule has 28 heavy (non-hydrogen) atoms. The number of benzene rings is 2. The van der Waals surface area contributed by atoms with Crippen LogP contribution in [0.5, 0.6) is 0 Å². The van der Waals surface area contributed by atoms with Gasteiger partial charge in [-0.2, -0.15) is 0 Å². The van der Waals surface area contributed by atoms with Gasteiger partial charge in [0.2, 0.25) is 10.0 Å². The summed E-state index contributed by atoms with van der Waals surface area (Å²) in [6.45, 7) is 1.89. The van der Waals surface area contributed by atoms with Gasteiger partial charge in [-0.25, -0.2) is 18.1 Å². The van der Waals surface area contributed by atoms with Gasteiger partial charge in [0.15, 0.2) is 5.13 Å². The van der Waals surface area contributed by atoms with Crippen LogP contribution in [-0.4, -0.2) is 25.4 Å². The van der Waals surface area contributed by atoms with Crippen molar-refractivity contribution in [2.45, 2.75) is 30.7 Å². The summed E-state index contributed by atoms with van der Waals surface area (Å²) < 4.78 is 27.4. The lowest BCUT2D eigenvalue weighted by atomic mass is 10.2. The Bertz CT molecular complexity index is 1120. The van der Waals surface area contributed by atoms with Crippen LogP contribution >= 0.6 is 11.3 Å². The van der Waals surface area contributed by atoms with E-state index in [0.717, 1.165) is 29.0 Å². The highest BCUT2D eigenvalue weighted by Gasteiger charge is 2.28. The number of rotatable bonds is 6. The summed E-state index contributed by atoms with van der Waals surface area (Å²) in [6, 6.07) is 15.9. The summed E-state index contributed by atoms with van der Waals surface area (Å²) in [4.78, 5) is 18.1. The fraction of sp³-hybridized carbons (Fsp3) is 0.200. The minimum absolute atomic E-state index is 0.0113.